The molecule has 0 heterocycles. The summed E-state index contributed by atoms with van der Waals surface area (Å²) in [5, 5.41) is 3.73. The predicted molar refractivity (Wildman–Crippen MR) is 109 cm³/mol. The molecular weight excluding hydrogens is 364 g/mol. The summed E-state index contributed by atoms with van der Waals surface area (Å²) in [6, 6.07) is 13.1. The van der Waals surface area contributed by atoms with Crippen molar-refractivity contribution in [3.8, 4) is 11.5 Å². The third kappa shape index (κ3) is 5.15. The monoisotopic (exact) mass is 390 g/mol. The van der Waals surface area contributed by atoms with E-state index in [2.05, 4.69) is 24.1 Å². The van der Waals surface area contributed by atoms with Crippen LogP contribution in [-0.4, -0.2) is 44.7 Å². The molecule has 0 spiro atoms. The van der Waals surface area contributed by atoms with E-state index in [1.54, 1.807) is 18.2 Å². The number of nitrogens with one attached hydrogen (secondary N) is 1. The Morgan fingerprint density at radius 2 is 1.59 bits per heavy atom. The van der Waals surface area contributed by atoms with Gasteiger partial charge in [-0.1, -0.05) is 43.6 Å². The number of benzene rings is 2. The molecule has 1 unspecified atom stereocenters. The number of hydrogen-bond acceptors (Lipinski definition) is 4. The lowest BCUT2D eigenvalue weighted by Crippen LogP contribution is -2.38. The van der Waals surface area contributed by atoms with E-state index in [1.807, 2.05) is 24.3 Å². The lowest BCUT2D eigenvalue weighted by Gasteiger charge is -2.30. The lowest BCUT2D eigenvalue weighted by atomic mass is 10.0. The van der Waals surface area contributed by atoms with E-state index in [4.69, 9.17) is 21.1 Å². The maximum Gasteiger partial charge on any atom is 0.258 e. The molecule has 27 heavy (non-hydrogen) atoms. The minimum Gasteiger partial charge on any atom is -0.496 e. The third-order valence-electron chi connectivity index (χ3n) is 4.62. The molecule has 146 valence electrons. The van der Waals surface area contributed by atoms with Crippen molar-refractivity contribution in [2.45, 2.75) is 19.9 Å². The molecule has 0 aliphatic carbocycles. The van der Waals surface area contributed by atoms with E-state index in [9.17, 15) is 4.79 Å². The second-order valence-electron chi connectivity index (χ2n) is 6.04. The molecular formula is C21H27ClN2O3. The number of ether oxygens (including phenoxy) is 2. The van der Waals surface area contributed by atoms with E-state index in [0.717, 1.165) is 18.7 Å². The Bertz CT molecular complexity index is 723. The van der Waals surface area contributed by atoms with Crippen molar-refractivity contribution in [2.75, 3.05) is 33.9 Å². The van der Waals surface area contributed by atoms with Crippen molar-refractivity contribution in [1.82, 2.24) is 10.2 Å². The zero-order valence-corrected chi connectivity index (χ0v) is 17.0. The van der Waals surface area contributed by atoms with Crippen LogP contribution in [0.15, 0.2) is 42.5 Å². The topological polar surface area (TPSA) is 50.8 Å². The first-order valence-electron chi connectivity index (χ1n) is 9.04. The molecule has 2 aromatic rings. The van der Waals surface area contributed by atoms with Gasteiger partial charge in [-0.25, -0.2) is 0 Å². The zero-order valence-electron chi connectivity index (χ0n) is 16.3. The Hall–Kier alpha value is -2.24. The molecule has 1 N–H and O–H groups in total. The van der Waals surface area contributed by atoms with Crippen molar-refractivity contribution in [3.05, 3.63) is 58.6 Å². The summed E-state index contributed by atoms with van der Waals surface area (Å²) in [5.74, 6) is 0.742. The van der Waals surface area contributed by atoms with Gasteiger partial charge in [-0.2, -0.15) is 0 Å². The van der Waals surface area contributed by atoms with Gasteiger partial charge in [0.15, 0.2) is 0 Å². The number of nitrogens with zero attached hydrogens (tertiary/aromatic N) is 1. The number of carbonyl (C=O) groups excluding carboxylic acids is 1. The molecule has 1 amide bonds. The molecule has 0 bridgehead atoms. The van der Waals surface area contributed by atoms with Crippen LogP contribution < -0.4 is 14.8 Å². The number of hydrogen-bond donors (Lipinski definition) is 1. The molecule has 1 atom stereocenters. The van der Waals surface area contributed by atoms with E-state index < -0.39 is 0 Å². The minimum atomic E-state index is -0.226. The van der Waals surface area contributed by atoms with E-state index in [0.29, 0.717) is 28.6 Å². The van der Waals surface area contributed by atoms with Crippen molar-refractivity contribution in [3.63, 3.8) is 0 Å². The van der Waals surface area contributed by atoms with Crippen molar-refractivity contribution >= 4 is 17.5 Å². The first-order valence-corrected chi connectivity index (χ1v) is 9.42. The van der Waals surface area contributed by atoms with Gasteiger partial charge in [0.2, 0.25) is 0 Å². The molecule has 0 saturated heterocycles. The quantitative estimate of drug-likeness (QED) is 0.698. The van der Waals surface area contributed by atoms with Gasteiger partial charge in [0.1, 0.15) is 17.1 Å². The van der Waals surface area contributed by atoms with Gasteiger partial charge in [-0.05, 0) is 42.9 Å². The highest BCUT2D eigenvalue weighted by Crippen LogP contribution is 2.28. The lowest BCUT2D eigenvalue weighted by molar-refractivity contribution is 0.0928. The zero-order chi connectivity index (χ0) is 19.8. The molecule has 6 heteroatoms. The number of likely N-dealkylation sites (N-methyl/N-ethyl adjacent to an activating group) is 1. The van der Waals surface area contributed by atoms with Crippen LogP contribution in [0.4, 0.5) is 0 Å². The fraction of sp³-hybridized carbons (Fsp3) is 0.381. The number of methoxy groups -OCH3 is 2. The first kappa shape index (κ1) is 21.1. The van der Waals surface area contributed by atoms with Crippen molar-refractivity contribution in [2.24, 2.45) is 0 Å². The van der Waals surface area contributed by atoms with Gasteiger partial charge in [0, 0.05) is 11.6 Å². The number of rotatable bonds is 9. The van der Waals surface area contributed by atoms with Gasteiger partial charge in [0.25, 0.3) is 5.91 Å². The highest BCUT2D eigenvalue weighted by atomic mass is 35.5. The second kappa shape index (κ2) is 10.2. The summed E-state index contributed by atoms with van der Waals surface area (Å²) in [5.41, 5.74) is 1.51. The smallest absolute Gasteiger partial charge is 0.258 e. The third-order valence-corrected chi connectivity index (χ3v) is 4.87. The Morgan fingerprint density at radius 3 is 2.07 bits per heavy atom. The average molecular weight is 391 g/mol. The SMILES string of the molecule is CCN(CC)C(CNC(=O)c1c(OC)cccc1OC)c1ccc(Cl)cc1. The molecule has 0 aromatic heterocycles. The first-order chi connectivity index (χ1) is 13.0. The molecule has 2 rings (SSSR count). The summed E-state index contributed by atoms with van der Waals surface area (Å²) in [6.45, 7) is 6.42. The minimum absolute atomic E-state index is 0.0434. The summed E-state index contributed by atoms with van der Waals surface area (Å²) in [6.07, 6.45) is 0. The Labute approximate surface area is 166 Å². The molecule has 2 aromatic carbocycles. The molecule has 5 nitrogen and oxygen atoms in total. The van der Waals surface area contributed by atoms with Crippen LogP contribution in [-0.2, 0) is 0 Å². The average Bonchev–Trinajstić information content (AvgIpc) is 2.71. The van der Waals surface area contributed by atoms with E-state index >= 15 is 0 Å². The van der Waals surface area contributed by atoms with Gasteiger partial charge in [0.05, 0.1) is 20.3 Å². The number of amides is 1. The van der Waals surface area contributed by atoms with Crippen LogP contribution >= 0.6 is 11.6 Å². The van der Waals surface area contributed by atoms with Crippen LogP contribution in [0, 0.1) is 0 Å². The molecule has 0 fully saturated rings. The Morgan fingerprint density at radius 1 is 1.04 bits per heavy atom. The van der Waals surface area contributed by atoms with E-state index in [1.165, 1.54) is 14.2 Å². The Balaban J connectivity index is 2.24. The molecule has 0 radical (unpaired) electrons. The largest absolute Gasteiger partial charge is 0.496 e. The normalized spacial score (nSPS) is 11.9. The molecule has 0 aliphatic rings. The van der Waals surface area contributed by atoms with Gasteiger partial charge < -0.3 is 14.8 Å². The van der Waals surface area contributed by atoms with Gasteiger partial charge >= 0.3 is 0 Å². The van der Waals surface area contributed by atoms with Gasteiger partial charge in [-0.15, -0.1) is 0 Å². The fourth-order valence-electron chi connectivity index (χ4n) is 3.16. The van der Waals surface area contributed by atoms with Crippen LogP contribution in [0.1, 0.15) is 35.8 Å². The van der Waals surface area contributed by atoms with Crippen LogP contribution in [0.2, 0.25) is 5.02 Å². The molecule has 0 aliphatic heterocycles. The maximum absolute atomic E-state index is 12.9. The molecule has 0 saturated carbocycles. The summed E-state index contributed by atoms with van der Waals surface area (Å²) < 4.78 is 10.7. The van der Waals surface area contributed by atoms with Crippen LogP contribution in [0.3, 0.4) is 0 Å². The highest BCUT2D eigenvalue weighted by molar-refractivity contribution is 6.30. The number of carbonyl (C=O) groups is 1. The fourth-order valence-corrected chi connectivity index (χ4v) is 3.29. The maximum atomic E-state index is 12.9. The second-order valence-corrected chi connectivity index (χ2v) is 6.47. The summed E-state index contributed by atoms with van der Waals surface area (Å²) in [7, 11) is 3.08. The summed E-state index contributed by atoms with van der Waals surface area (Å²) >= 11 is 6.03. The van der Waals surface area contributed by atoms with Gasteiger partial charge in [-0.3, -0.25) is 9.69 Å². The van der Waals surface area contributed by atoms with Crippen molar-refractivity contribution < 1.29 is 14.3 Å². The summed E-state index contributed by atoms with van der Waals surface area (Å²) in [4.78, 5) is 15.2. The van der Waals surface area contributed by atoms with Crippen molar-refractivity contribution in [1.29, 1.82) is 0 Å². The predicted octanol–water partition coefficient (Wildman–Crippen LogP) is 4.17. The Kier molecular flexibility index (Phi) is 7.95. The van der Waals surface area contributed by atoms with Crippen LogP contribution in [0.5, 0.6) is 11.5 Å². The number of halogens is 1. The van der Waals surface area contributed by atoms with Crippen LogP contribution in [0.25, 0.3) is 0 Å². The highest BCUT2D eigenvalue weighted by Gasteiger charge is 2.22. The standard InChI is InChI=1S/C21H27ClN2O3/c1-5-24(6-2)17(15-10-12-16(22)13-11-15)14-23-21(25)20-18(26-3)8-7-9-19(20)27-4/h7-13,17H,5-6,14H2,1-4H3,(H,23,25). The van der Waals surface area contributed by atoms with E-state index in [-0.39, 0.29) is 11.9 Å².